The maximum absolute atomic E-state index is 5.72. The number of nitrogens with zero attached hydrogens (tertiary/aromatic N) is 3. The molecule has 1 N–H and O–H groups in total. The molecule has 1 aromatic rings. The fourth-order valence-electron chi connectivity index (χ4n) is 1.50. The van der Waals surface area contributed by atoms with Gasteiger partial charge in [-0.1, -0.05) is 34.8 Å². The van der Waals surface area contributed by atoms with Gasteiger partial charge >= 0.3 is 0 Å². The van der Waals surface area contributed by atoms with Crippen LogP contribution >= 0.6 is 46.3 Å². The Morgan fingerprint density at radius 3 is 2.75 bits per heavy atom. The number of anilines is 1. The average Bonchev–Trinajstić information content (AvgIpc) is 2.55. The van der Waals surface area contributed by atoms with E-state index >= 15 is 0 Å². The molecular formula is C8H11Cl3N4S. The van der Waals surface area contributed by atoms with Crippen LogP contribution in [0, 0.1) is 0 Å². The first-order valence-corrected chi connectivity index (χ1v) is 6.84. The lowest BCUT2D eigenvalue weighted by Crippen LogP contribution is -2.27. The van der Waals surface area contributed by atoms with Gasteiger partial charge in [0.25, 0.3) is 3.79 Å². The molecule has 0 amide bonds. The summed E-state index contributed by atoms with van der Waals surface area (Å²) in [6.45, 7) is 3.85. The van der Waals surface area contributed by atoms with Gasteiger partial charge in [-0.05, 0) is 13.0 Å². The van der Waals surface area contributed by atoms with Gasteiger partial charge in [-0.15, -0.1) is 0 Å². The van der Waals surface area contributed by atoms with Gasteiger partial charge in [0.05, 0.1) is 0 Å². The normalized spacial score (nSPS) is 18.6. The Labute approximate surface area is 113 Å². The topological polar surface area (TPSA) is 41.1 Å². The molecular weight excluding hydrogens is 291 g/mol. The molecule has 0 aliphatic carbocycles. The highest BCUT2D eigenvalue weighted by atomic mass is 35.6. The number of alkyl halides is 3. The molecule has 2 heterocycles. The van der Waals surface area contributed by atoms with Crippen molar-refractivity contribution in [1.29, 1.82) is 0 Å². The Morgan fingerprint density at radius 2 is 2.06 bits per heavy atom. The third-order valence-corrected chi connectivity index (χ3v) is 3.56. The van der Waals surface area contributed by atoms with Crippen LogP contribution in [0.2, 0.25) is 0 Å². The van der Waals surface area contributed by atoms with Gasteiger partial charge in [-0.25, -0.2) is 0 Å². The summed E-state index contributed by atoms with van der Waals surface area (Å²) in [4.78, 5) is 6.42. The second-order valence-corrected chi connectivity index (χ2v) is 6.50. The number of halogens is 3. The molecule has 1 aromatic heterocycles. The largest absolute Gasteiger partial charge is 0.346 e. The molecule has 0 radical (unpaired) electrons. The van der Waals surface area contributed by atoms with E-state index in [0.717, 1.165) is 37.7 Å². The summed E-state index contributed by atoms with van der Waals surface area (Å²) in [5.41, 5.74) is 0. The third kappa shape index (κ3) is 3.11. The van der Waals surface area contributed by atoms with Gasteiger partial charge in [0, 0.05) is 31.2 Å². The summed E-state index contributed by atoms with van der Waals surface area (Å²) in [7, 11) is 0. The van der Waals surface area contributed by atoms with Crippen molar-refractivity contribution in [2.24, 2.45) is 0 Å². The van der Waals surface area contributed by atoms with Gasteiger partial charge in [0.2, 0.25) is 5.13 Å². The van der Waals surface area contributed by atoms with Crippen LogP contribution in [-0.4, -0.2) is 35.5 Å². The maximum Gasteiger partial charge on any atom is 0.251 e. The highest BCUT2D eigenvalue weighted by Gasteiger charge is 2.29. The van der Waals surface area contributed by atoms with Crippen LogP contribution in [0.3, 0.4) is 0 Å². The molecule has 1 aliphatic rings. The van der Waals surface area contributed by atoms with Gasteiger partial charge < -0.3 is 10.2 Å². The standard InChI is InChI=1S/C8H11Cl3N4S/c9-8(10,11)6-13-7(16-14-6)15-4-1-2-12-3-5-15/h12H,1-5H2. The van der Waals surface area contributed by atoms with Gasteiger partial charge in [-0.3, -0.25) is 0 Å². The van der Waals surface area contributed by atoms with Crippen molar-refractivity contribution < 1.29 is 0 Å². The van der Waals surface area contributed by atoms with Crippen molar-refractivity contribution in [1.82, 2.24) is 14.7 Å². The molecule has 4 nitrogen and oxygen atoms in total. The van der Waals surface area contributed by atoms with Crippen LogP contribution in [0.5, 0.6) is 0 Å². The third-order valence-electron chi connectivity index (χ3n) is 2.28. The average molecular weight is 302 g/mol. The zero-order chi connectivity index (χ0) is 11.6. The summed E-state index contributed by atoms with van der Waals surface area (Å²) >= 11 is 18.5. The van der Waals surface area contributed by atoms with Crippen molar-refractivity contribution in [2.45, 2.75) is 10.2 Å². The van der Waals surface area contributed by atoms with Crippen LogP contribution in [-0.2, 0) is 3.79 Å². The van der Waals surface area contributed by atoms with E-state index in [9.17, 15) is 0 Å². The lowest BCUT2D eigenvalue weighted by atomic mass is 10.4. The molecule has 0 atom stereocenters. The van der Waals surface area contributed by atoms with Gasteiger partial charge in [-0.2, -0.15) is 9.36 Å². The molecule has 2 rings (SSSR count). The molecule has 0 aromatic carbocycles. The zero-order valence-electron chi connectivity index (χ0n) is 8.42. The molecule has 1 aliphatic heterocycles. The summed E-state index contributed by atoms with van der Waals surface area (Å²) in [6, 6.07) is 0. The quantitative estimate of drug-likeness (QED) is 0.807. The van der Waals surface area contributed by atoms with E-state index in [2.05, 4.69) is 19.6 Å². The van der Waals surface area contributed by atoms with Crippen molar-refractivity contribution in [2.75, 3.05) is 31.1 Å². The minimum absolute atomic E-state index is 0.259. The molecule has 16 heavy (non-hydrogen) atoms. The Morgan fingerprint density at radius 1 is 1.25 bits per heavy atom. The molecule has 8 heteroatoms. The molecule has 0 saturated carbocycles. The molecule has 90 valence electrons. The molecule has 0 spiro atoms. The van der Waals surface area contributed by atoms with Gasteiger partial charge in [0.15, 0.2) is 5.82 Å². The predicted octanol–water partition coefficient (Wildman–Crippen LogP) is 2.16. The minimum Gasteiger partial charge on any atom is -0.346 e. The molecule has 1 fully saturated rings. The molecule has 0 unspecified atom stereocenters. The summed E-state index contributed by atoms with van der Waals surface area (Å²) in [5.74, 6) is 0.259. The van der Waals surface area contributed by atoms with Crippen molar-refractivity contribution >= 4 is 51.5 Å². The first kappa shape index (κ1) is 12.6. The summed E-state index contributed by atoms with van der Waals surface area (Å²) < 4.78 is 2.54. The summed E-state index contributed by atoms with van der Waals surface area (Å²) in [5, 5.41) is 4.14. The lowest BCUT2D eigenvalue weighted by Gasteiger charge is -2.17. The lowest BCUT2D eigenvalue weighted by molar-refractivity contribution is 0.724. The number of rotatable bonds is 1. The van der Waals surface area contributed by atoms with Crippen LogP contribution in [0.15, 0.2) is 0 Å². The Balaban J connectivity index is 2.11. The smallest absolute Gasteiger partial charge is 0.251 e. The summed E-state index contributed by atoms with van der Waals surface area (Å²) in [6.07, 6.45) is 1.09. The Kier molecular flexibility index (Phi) is 4.13. The number of aromatic nitrogens is 2. The number of nitrogens with one attached hydrogen (secondary N) is 1. The number of hydrogen-bond acceptors (Lipinski definition) is 5. The van der Waals surface area contributed by atoms with Crippen LogP contribution in [0.25, 0.3) is 0 Å². The fraction of sp³-hybridized carbons (Fsp3) is 0.750. The molecule has 0 bridgehead atoms. The van der Waals surface area contributed by atoms with E-state index in [1.807, 2.05) is 0 Å². The highest BCUT2D eigenvalue weighted by molar-refractivity contribution is 7.09. The van der Waals surface area contributed by atoms with E-state index in [1.54, 1.807) is 0 Å². The van der Waals surface area contributed by atoms with E-state index in [1.165, 1.54) is 11.5 Å². The second kappa shape index (κ2) is 5.23. The Hall–Kier alpha value is 0.190. The molecule has 1 saturated heterocycles. The van der Waals surface area contributed by atoms with E-state index in [0.29, 0.717) is 0 Å². The van der Waals surface area contributed by atoms with E-state index in [4.69, 9.17) is 34.8 Å². The van der Waals surface area contributed by atoms with Gasteiger partial charge in [0.1, 0.15) is 0 Å². The zero-order valence-corrected chi connectivity index (χ0v) is 11.5. The monoisotopic (exact) mass is 300 g/mol. The highest BCUT2D eigenvalue weighted by Crippen LogP contribution is 2.37. The minimum atomic E-state index is -1.53. The fourth-order valence-corrected chi connectivity index (χ4v) is 2.67. The maximum atomic E-state index is 5.72. The number of hydrogen-bond donors (Lipinski definition) is 1. The predicted molar refractivity (Wildman–Crippen MR) is 68.8 cm³/mol. The van der Waals surface area contributed by atoms with Crippen LogP contribution in [0.4, 0.5) is 5.13 Å². The van der Waals surface area contributed by atoms with E-state index < -0.39 is 3.79 Å². The van der Waals surface area contributed by atoms with Crippen molar-refractivity contribution in [3.8, 4) is 0 Å². The van der Waals surface area contributed by atoms with E-state index in [-0.39, 0.29) is 5.82 Å². The van der Waals surface area contributed by atoms with Crippen LogP contribution in [0.1, 0.15) is 12.2 Å². The van der Waals surface area contributed by atoms with Crippen LogP contribution < -0.4 is 10.2 Å². The SMILES string of the molecule is ClC(Cl)(Cl)c1nsc(N2CCCNCC2)n1. The Bertz CT molecular complexity index is 343. The first-order valence-electron chi connectivity index (χ1n) is 4.94. The first-order chi connectivity index (χ1) is 7.57. The van der Waals surface area contributed by atoms with Crippen molar-refractivity contribution in [3.05, 3.63) is 5.82 Å². The van der Waals surface area contributed by atoms with Crippen molar-refractivity contribution in [3.63, 3.8) is 0 Å². The second-order valence-electron chi connectivity index (χ2n) is 3.49.